The van der Waals surface area contributed by atoms with Gasteiger partial charge in [0.1, 0.15) is 0 Å². The van der Waals surface area contributed by atoms with Gasteiger partial charge in [0.25, 0.3) is 0 Å². The first-order chi connectivity index (χ1) is 23.6. The zero-order chi connectivity index (χ0) is 34.4. The summed E-state index contributed by atoms with van der Waals surface area (Å²) in [5.41, 5.74) is 7.14. The summed E-state index contributed by atoms with van der Waals surface area (Å²) >= 11 is 0. The average Bonchev–Trinajstić information content (AvgIpc) is 3.16. The Bertz CT molecular complexity index is 681. The van der Waals surface area contributed by atoms with Crippen LogP contribution in [0.4, 0.5) is 4.79 Å². The molecular weight excluding hydrogens is 729 g/mol. The zero-order valence-electron chi connectivity index (χ0n) is 32.1. The molecule has 7 heteroatoms. The van der Waals surface area contributed by atoms with Crippen LogP contribution < -0.4 is 0 Å². The van der Waals surface area contributed by atoms with Gasteiger partial charge in [-0.3, -0.25) is 0 Å². The molecule has 0 saturated heterocycles. The van der Waals surface area contributed by atoms with Crippen LogP contribution >= 0.6 is 15.8 Å². The molecule has 49 heavy (non-hydrogen) atoms. The first-order valence-electron chi connectivity index (χ1n) is 21.4. The zero-order valence-corrected chi connectivity index (χ0v) is 35.6. The van der Waals surface area contributed by atoms with Gasteiger partial charge in [0.15, 0.2) is 0 Å². The van der Waals surface area contributed by atoms with Gasteiger partial charge in [0, 0.05) is 32.6 Å². The molecule has 0 aliphatic heterocycles. The third kappa shape index (κ3) is 16.2. The third-order valence-corrected chi connectivity index (χ3v) is 21.2. The SMILES string of the molecule is C1CCC(P(C2CCCCC2)C2CCCCC2)CC1.C1CCC(P(C2CCCCC2)C2CCCCC2)CC1.CCN(CC)C(=O)O.[C-]#[O+].[Ru]. The quantitative estimate of drug-likeness (QED) is 0.115. The van der Waals surface area contributed by atoms with E-state index in [9.17, 15) is 4.79 Å². The van der Waals surface area contributed by atoms with Gasteiger partial charge in [0.2, 0.25) is 0 Å². The Morgan fingerprint density at radius 2 is 0.633 bits per heavy atom. The second-order valence-electron chi connectivity index (χ2n) is 16.1. The molecule has 6 aliphatic rings. The minimum atomic E-state index is -0.838. The molecule has 6 saturated carbocycles. The first kappa shape index (κ1) is 45.7. The van der Waals surface area contributed by atoms with Crippen molar-refractivity contribution in [3.63, 3.8) is 0 Å². The number of nitrogens with zero attached hydrogens (tertiary/aromatic N) is 1. The summed E-state index contributed by atoms with van der Waals surface area (Å²) in [5, 5.41) is 8.30. The van der Waals surface area contributed by atoms with Crippen LogP contribution in [0.25, 0.3) is 0 Å². The van der Waals surface area contributed by atoms with E-state index >= 15 is 0 Å². The molecule has 0 unspecified atom stereocenters. The Balaban J connectivity index is 0.000000265. The second-order valence-corrected chi connectivity index (χ2v) is 22.3. The molecule has 0 aromatic rings. The van der Waals surface area contributed by atoms with Crippen molar-refractivity contribution < 1.29 is 34.0 Å². The summed E-state index contributed by atoms with van der Waals surface area (Å²) in [5.74, 6) is 0. The summed E-state index contributed by atoms with van der Waals surface area (Å²) in [7, 11) is 0.770. The van der Waals surface area contributed by atoms with Gasteiger partial charge in [-0.15, -0.1) is 0 Å². The Kier molecular flexibility index (Phi) is 26.1. The summed E-state index contributed by atoms with van der Waals surface area (Å²) in [4.78, 5) is 11.4. The van der Waals surface area contributed by atoms with Gasteiger partial charge in [-0.25, -0.2) is 4.79 Å². The number of hydrogen-bond donors (Lipinski definition) is 1. The van der Waals surface area contributed by atoms with Crippen LogP contribution in [0.1, 0.15) is 206 Å². The van der Waals surface area contributed by atoms with Gasteiger partial charge >= 0.3 is 17.4 Å². The van der Waals surface area contributed by atoms with E-state index in [2.05, 4.69) is 6.65 Å². The predicted octanol–water partition coefficient (Wildman–Crippen LogP) is 13.9. The Hall–Kier alpha value is 0.493. The van der Waals surface area contributed by atoms with Crippen molar-refractivity contribution in [3.8, 4) is 0 Å². The third-order valence-electron chi connectivity index (χ3n) is 13.0. The maximum atomic E-state index is 10.1. The fourth-order valence-corrected chi connectivity index (χ4v) is 19.9. The Labute approximate surface area is 319 Å². The molecular formula is C42H77NO3P2Ru. The van der Waals surface area contributed by atoms with Gasteiger partial charge in [0.05, 0.1) is 0 Å². The van der Waals surface area contributed by atoms with E-state index in [-0.39, 0.29) is 19.5 Å². The van der Waals surface area contributed by atoms with Crippen LogP contribution in [0, 0.1) is 6.65 Å². The topological polar surface area (TPSA) is 60.4 Å². The van der Waals surface area contributed by atoms with Crippen LogP contribution in [0.5, 0.6) is 0 Å². The van der Waals surface area contributed by atoms with Gasteiger partial charge in [-0.1, -0.05) is 131 Å². The van der Waals surface area contributed by atoms with E-state index in [1.54, 1.807) is 154 Å². The Morgan fingerprint density at radius 1 is 0.469 bits per heavy atom. The number of rotatable bonds is 8. The molecule has 286 valence electrons. The maximum absolute atomic E-state index is 10.1. The monoisotopic (exact) mass is 807 g/mol. The molecule has 1 N–H and O–H groups in total. The van der Waals surface area contributed by atoms with Crippen molar-refractivity contribution in [1.82, 2.24) is 4.90 Å². The van der Waals surface area contributed by atoms with E-state index < -0.39 is 6.09 Å². The van der Waals surface area contributed by atoms with Crippen molar-refractivity contribution in [3.05, 3.63) is 6.65 Å². The van der Waals surface area contributed by atoms with E-state index in [1.165, 1.54) is 77.4 Å². The van der Waals surface area contributed by atoms with E-state index in [0.29, 0.717) is 28.9 Å². The first-order valence-corrected chi connectivity index (χ1v) is 24.4. The molecule has 0 radical (unpaired) electrons. The van der Waals surface area contributed by atoms with Crippen molar-refractivity contribution in [2.24, 2.45) is 0 Å². The molecule has 6 fully saturated rings. The number of amides is 1. The fourth-order valence-electron chi connectivity index (χ4n) is 10.6. The molecule has 0 heterocycles. The molecule has 0 aromatic carbocycles. The van der Waals surface area contributed by atoms with Gasteiger partial charge in [-0.2, -0.15) is 0 Å². The van der Waals surface area contributed by atoms with Gasteiger partial charge in [-0.05, 0) is 125 Å². The van der Waals surface area contributed by atoms with Crippen LogP contribution in [0.15, 0.2) is 0 Å². The van der Waals surface area contributed by atoms with Crippen LogP contribution in [-0.4, -0.2) is 63.1 Å². The second kappa shape index (κ2) is 28.0. The molecule has 0 bridgehead atoms. The summed E-state index contributed by atoms with van der Waals surface area (Å²) in [6.07, 6.45) is 46.4. The molecule has 0 spiro atoms. The summed E-state index contributed by atoms with van der Waals surface area (Å²) in [6.45, 7) is 9.28. The number of carbonyl (C=O) groups is 1. The molecule has 6 rings (SSSR count). The number of carboxylic acid groups (broad SMARTS) is 1. The molecule has 0 atom stereocenters. The van der Waals surface area contributed by atoms with E-state index in [1.807, 2.05) is 13.8 Å². The van der Waals surface area contributed by atoms with Crippen LogP contribution in [0.2, 0.25) is 0 Å². The smallest absolute Gasteiger partial charge is 0 e. The van der Waals surface area contributed by atoms with Crippen molar-refractivity contribution >= 4 is 21.9 Å². The minimum absolute atomic E-state index is 0. The Morgan fingerprint density at radius 3 is 0.735 bits per heavy atom. The van der Waals surface area contributed by atoms with Crippen molar-refractivity contribution in [1.29, 1.82) is 0 Å². The normalized spacial score (nSPS) is 23.9. The van der Waals surface area contributed by atoms with Crippen molar-refractivity contribution in [2.45, 2.75) is 240 Å². The molecule has 1 amide bonds. The van der Waals surface area contributed by atoms with Gasteiger partial charge < -0.3 is 10.0 Å². The predicted molar refractivity (Wildman–Crippen MR) is 210 cm³/mol. The van der Waals surface area contributed by atoms with Crippen molar-refractivity contribution in [2.75, 3.05) is 13.1 Å². The van der Waals surface area contributed by atoms with Crippen LogP contribution in [0.3, 0.4) is 0 Å². The largest absolute Gasteiger partial charge is 0 e. The summed E-state index contributed by atoms with van der Waals surface area (Å²) < 4.78 is 7.50. The number of hydrogen-bond acceptors (Lipinski definition) is 1. The maximum Gasteiger partial charge on any atom is 0 e. The molecule has 6 aliphatic carbocycles. The minimum Gasteiger partial charge on any atom is 0 e. The summed E-state index contributed by atoms with van der Waals surface area (Å²) in [6, 6.07) is 0. The van der Waals surface area contributed by atoms with E-state index in [4.69, 9.17) is 9.76 Å². The standard InChI is InChI=1S/2C18H33P.C5H11NO2.CO.Ru/c2*1-4-10-16(11-5-1)19(17-12-6-2-7-13-17)18-14-8-3-9-15-18;1-3-6(4-2)5(7)8;1-2;/h2*16-18H,1-15H2;3-4H2,1-2H3,(H,7,8);;. The van der Waals surface area contributed by atoms with Crippen LogP contribution in [-0.2, 0) is 24.1 Å². The fraction of sp³-hybridized carbons (Fsp3) is 0.952. The molecule has 0 aromatic heterocycles. The molecule has 4 nitrogen and oxygen atoms in total. The average molecular weight is 807 g/mol. The van der Waals surface area contributed by atoms with E-state index in [0.717, 1.165) is 0 Å².